The van der Waals surface area contributed by atoms with Gasteiger partial charge in [-0.25, -0.2) is 0 Å². The summed E-state index contributed by atoms with van der Waals surface area (Å²) >= 11 is 18.6. The lowest BCUT2D eigenvalue weighted by Crippen LogP contribution is -2.34. The zero-order chi connectivity index (χ0) is 16.1. The van der Waals surface area contributed by atoms with E-state index in [2.05, 4.69) is 10.6 Å². The molecule has 0 aliphatic carbocycles. The van der Waals surface area contributed by atoms with Crippen LogP contribution in [-0.2, 0) is 0 Å². The first-order chi connectivity index (χ1) is 10.5. The highest BCUT2D eigenvalue weighted by Gasteiger charge is 2.12. The summed E-state index contributed by atoms with van der Waals surface area (Å²) in [5, 5.41) is 6.47. The molecule has 0 radical (unpaired) electrons. The number of rotatable bonds is 3. The van der Waals surface area contributed by atoms with Crippen LogP contribution < -0.4 is 10.6 Å². The molecular weight excluding hydrogens is 359 g/mol. The molecule has 0 unspecified atom stereocenters. The molecule has 3 nitrogen and oxygen atoms in total. The topological polar surface area (TPSA) is 41.1 Å². The molecule has 7 heteroatoms. The highest BCUT2D eigenvalue weighted by molar-refractivity contribution is 7.98. The summed E-state index contributed by atoms with van der Waals surface area (Å²) in [7, 11) is 0. The van der Waals surface area contributed by atoms with Gasteiger partial charge in [0, 0.05) is 15.6 Å². The molecule has 0 heterocycles. The van der Waals surface area contributed by atoms with Gasteiger partial charge in [0.1, 0.15) is 0 Å². The maximum atomic E-state index is 12.1. The summed E-state index contributed by atoms with van der Waals surface area (Å²) in [6.45, 7) is 0. The first-order valence-electron chi connectivity index (χ1n) is 6.21. The van der Waals surface area contributed by atoms with Crippen LogP contribution in [0.3, 0.4) is 0 Å². The minimum atomic E-state index is -0.389. The molecule has 0 aliphatic heterocycles. The normalized spacial score (nSPS) is 10.1. The summed E-state index contributed by atoms with van der Waals surface area (Å²) in [5.41, 5.74) is 1.11. The molecule has 0 fully saturated rings. The van der Waals surface area contributed by atoms with Crippen molar-refractivity contribution in [3.05, 3.63) is 58.1 Å². The van der Waals surface area contributed by atoms with E-state index in [1.54, 1.807) is 23.9 Å². The number of halogens is 2. The summed E-state index contributed by atoms with van der Waals surface area (Å²) < 4.78 is 0. The molecule has 0 bridgehead atoms. The van der Waals surface area contributed by atoms with E-state index in [1.165, 1.54) is 6.07 Å². The smallest absolute Gasteiger partial charge is 0.258 e. The Kier molecular flexibility index (Phi) is 6.08. The number of benzene rings is 2. The first kappa shape index (κ1) is 17.1. The van der Waals surface area contributed by atoms with Gasteiger partial charge in [-0.1, -0.05) is 23.2 Å². The molecular formula is C15H12Cl2N2OS2. The standard InChI is InChI=1S/C15H12Cl2N2OS2/c1-22-11-5-3-10(4-6-11)18-15(21)19-14(20)12-7-2-9(16)8-13(12)17/h2-8H,1H3,(H2,18,19,20,21). The van der Waals surface area contributed by atoms with Crippen molar-refractivity contribution in [2.24, 2.45) is 0 Å². The number of nitrogens with one attached hydrogen (secondary N) is 2. The van der Waals surface area contributed by atoms with Gasteiger partial charge in [0.2, 0.25) is 0 Å². The summed E-state index contributed by atoms with van der Waals surface area (Å²) in [6.07, 6.45) is 2.00. The van der Waals surface area contributed by atoms with E-state index in [4.69, 9.17) is 35.4 Å². The third kappa shape index (κ3) is 4.61. The van der Waals surface area contributed by atoms with E-state index >= 15 is 0 Å². The van der Waals surface area contributed by atoms with E-state index < -0.39 is 0 Å². The Bertz CT molecular complexity index is 705. The SMILES string of the molecule is CSc1ccc(NC(=S)NC(=O)c2ccc(Cl)cc2Cl)cc1. The molecule has 0 saturated heterocycles. The lowest BCUT2D eigenvalue weighted by atomic mass is 10.2. The molecule has 0 aliphatic rings. The van der Waals surface area contributed by atoms with Crippen molar-refractivity contribution in [3.63, 3.8) is 0 Å². The Balaban J connectivity index is 2.00. The van der Waals surface area contributed by atoms with Crippen LogP contribution in [0.4, 0.5) is 5.69 Å². The molecule has 2 aromatic rings. The van der Waals surface area contributed by atoms with Gasteiger partial charge in [-0.15, -0.1) is 11.8 Å². The fourth-order valence-corrected chi connectivity index (χ4v) is 2.79. The molecule has 1 amide bonds. The van der Waals surface area contributed by atoms with Gasteiger partial charge >= 0.3 is 0 Å². The van der Waals surface area contributed by atoms with Gasteiger partial charge in [-0.3, -0.25) is 10.1 Å². The van der Waals surface area contributed by atoms with Crippen LogP contribution in [0.5, 0.6) is 0 Å². The molecule has 0 aromatic heterocycles. The molecule has 2 rings (SSSR count). The molecule has 2 aromatic carbocycles. The van der Waals surface area contributed by atoms with Gasteiger partial charge in [0.15, 0.2) is 5.11 Å². The fourth-order valence-electron chi connectivity index (χ4n) is 1.68. The highest BCUT2D eigenvalue weighted by atomic mass is 35.5. The van der Waals surface area contributed by atoms with Crippen molar-refractivity contribution in [3.8, 4) is 0 Å². The van der Waals surface area contributed by atoms with Crippen LogP contribution >= 0.6 is 47.2 Å². The minimum Gasteiger partial charge on any atom is -0.332 e. The van der Waals surface area contributed by atoms with Gasteiger partial charge in [0.05, 0.1) is 10.6 Å². The molecule has 0 atom stereocenters. The van der Waals surface area contributed by atoms with E-state index in [-0.39, 0.29) is 16.0 Å². The number of hydrogen-bond acceptors (Lipinski definition) is 3. The molecule has 22 heavy (non-hydrogen) atoms. The Labute approximate surface area is 148 Å². The summed E-state index contributed by atoms with van der Waals surface area (Å²) in [5.74, 6) is -0.389. The molecule has 2 N–H and O–H groups in total. The second-order valence-corrected chi connectivity index (χ2v) is 6.39. The maximum absolute atomic E-state index is 12.1. The highest BCUT2D eigenvalue weighted by Crippen LogP contribution is 2.21. The van der Waals surface area contributed by atoms with Crippen molar-refractivity contribution in [1.29, 1.82) is 0 Å². The lowest BCUT2D eigenvalue weighted by Gasteiger charge is -2.10. The Morgan fingerprint density at radius 1 is 1.14 bits per heavy atom. The number of hydrogen-bond donors (Lipinski definition) is 2. The van der Waals surface area contributed by atoms with Crippen molar-refractivity contribution in [2.75, 3.05) is 11.6 Å². The van der Waals surface area contributed by atoms with Crippen LogP contribution in [0.2, 0.25) is 10.0 Å². The second-order valence-electron chi connectivity index (χ2n) is 4.26. The molecule has 114 valence electrons. The molecule has 0 spiro atoms. The lowest BCUT2D eigenvalue weighted by molar-refractivity contribution is 0.0978. The van der Waals surface area contributed by atoms with Gasteiger partial charge in [-0.05, 0) is 60.9 Å². The third-order valence-electron chi connectivity index (χ3n) is 2.75. The van der Waals surface area contributed by atoms with Crippen LogP contribution in [0, 0.1) is 0 Å². The van der Waals surface area contributed by atoms with Crippen molar-refractivity contribution < 1.29 is 4.79 Å². The van der Waals surface area contributed by atoms with Crippen molar-refractivity contribution in [1.82, 2.24) is 5.32 Å². The van der Waals surface area contributed by atoms with Gasteiger partial charge in [0.25, 0.3) is 5.91 Å². The Hall–Kier alpha value is -1.27. The number of anilines is 1. The average Bonchev–Trinajstić information content (AvgIpc) is 2.47. The zero-order valence-electron chi connectivity index (χ0n) is 11.5. The monoisotopic (exact) mass is 370 g/mol. The van der Waals surface area contributed by atoms with Gasteiger partial charge < -0.3 is 5.32 Å². The largest absolute Gasteiger partial charge is 0.332 e. The summed E-state index contributed by atoms with van der Waals surface area (Å²) in [6, 6.07) is 12.4. The van der Waals surface area contributed by atoms with E-state index in [1.807, 2.05) is 30.5 Å². The number of amides is 1. The number of thioether (sulfide) groups is 1. The van der Waals surface area contributed by atoms with Crippen LogP contribution in [0.15, 0.2) is 47.4 Å². The van der Waals surface area contributed by atoms with Crippen LogP contribution in [-0.4, -0.2) is 17.3 Å². The summed E-state index contributed by atoms with van der Waals surface area (Å²) in [4.78, 5) is 13.3. The number of carbonyl (C=O) groups excluding carboxylic acids is 1. The average molecular weight is 371 g/mol. The van der Waals surface area contributed by atoms with E-state index in [0.29, 0.717) is 10.6 Å². The Morgan fingerprint density at radius 3 is 2.41 bits per heavy atom. The zero-order valence-corrected chi connectivity index (χ0v) is 14.7. The quantitative estimate of drug-likeness (QED) is 0.598. The molecule has 0 saturated carbocycles. The number of thiocarbonyl (C=S) groups is 1. The fraction of sp³-hybridized carbons (Fsp3) is 0.0667. The maximum Gasteiger partial charge on any atom is 0.258 e. The van der Waals surface area contributed by atoms with Gasteiger partial charge in [-0.2, -0.15) is 0 Å². The predicted octanol–water partition coefficient (Wildman–Crippen LogP) is 4.84. The van der Waals surface area contributed by atoms with E-state index in [0.717, 1.165) is 10.6 Å². The third-order valence-corrected chi connectivity index (χ3v) is 4.25. The predicted molar refractivity (Wildman–Crippen MR) is 98.4 cm³/mol. The second kappa shape index (κ2) is 7.83. The minimum absolute atomic E-state index is 0.202. The van der Waals surface area contributed by atoms with E-state index in [9.17, 15) is 4.79 Å². The van der Waals surface area contributed by atoms with Crippen LogP contribution in [0.25, 0.3) is 0 Å². The van der Waals surface area contributed by atoms with Crippen molar-refractivity contribution in [2.45, 2.75) is 4.90 Å². The first-order valence-corrected chi connectivity index (χ1v) is 8.60. The Morgan fingerprint density at radius 2 is 1.82 bits per heavy atom. The number of carbonyl (C=O) groups is 1. The van der Waals surface area contributed by atoms with Crippen LogP contribution in [0.1, 0.15) is 10.4 Å². The van der Waals surface area contributed by atoms with Crippen molar-refractivity contribution >= 4 is 63.9 Å².